The molecule has 3 heterocycles. The van der Waals surface area contributed by atoms with Gasteiger partial charge in [0.2, 0.25) is 0 Å². The molecule has 3 aromatic rings. The van der Waals surface area contributed by atoms with Gasteiger partial charge < -0.3 is 4.57 Å². The van der Waals surface area contributed by atoms with Crippen LogP contribution in [0, 0.1) is 13.8 Å². The quantitative estimate of drug-likeness (QED) is 0.403. The smallest absolute Gasteiger partial charge is 0.175 e. The summed E-state index contributed by atoms with van der Waals surface area (Å²) in [5.41, 5.74) is 3.33. The fraction of sp³-hybridized carbons (Fsp3) is 0.333. The fourth-order valence-corrected chi connectivity index (χ4v) is 6.69. The van der Waals surface area contributed by atoms with Crippen LogP contribution >= 0.6 is 23.4 Å². The summed E-state index contributed by atoms with van der Waals surface area (Å²) in [6.45, 7) is 3.82. The Bertz CT molecular complexity index is 1200. The Kier molecular flexibility index (Phi) is 5.83. The molecule has 0 bridgehead atoms. The molecule has 9 heteroatoms. The van der Waals surface area contributed by atoms with Crippen LogP contribution in [0.1, 0.15) is 34.2 Å². The molecule has 1 fully saturated rings. The minimum absolute atomic E-state index is 0.00543. The molecule has 0 aliphatic carbocycles. The van der Waals surface area contributed by atoms with Gasteiger partial charge in [0, 0.05) is 46.1 Å². The van der Waals surface area contributed by atoms with Crippen molar-refractivity contribution in [2.45, 2.75) is 31.5 Å². The van der Waals surface area contributed by atoms with Gasteiger partial charge in [-0.3, -0.25) is 9.36 Å². The van der Waals surface area contributed by atoms with Gasteiger partial charge in [0.05, 0.1) is 17.3 Å². The molecule has 6 nitrogen and oxygen atoms in total. The number of rotatable bonds is 6. The number of halogens is 1. The van der Waals surface area contributed by atoms with Crippen molar-refractivity contribution in [3.63, 3.8) is 0 Å². The SMILES string of the molecule is Cc1cc(C(=O)CSc2nccn2-c2ccc(Cl)cc2)c(C)n1C1CCS(=O)(=O)C1. The highest BCUT2D eigenvalue weighted by Gasteiger charge is 2.31. The molecule has 1 aliphatic heterocycles. The summed E-state index contributed by atoms with van der Waals surface area (Å²) in [4.78, 5) is 17.3. The second kappa shape index (κ2) is 8.24. The van der Waals surface area contributed by atoms with Gasteiger partial charge in [-0.1, -0.05) is 23.4 Å². The van der Waals surface area contributed by atoms with Crippen molar-refractivity contribution < 1.29 is 13.2 Å². The third-order valence-corrected chi connectivity index (χ3v) is 8.37. The highest BCUT2D eigenvalue weighted by atomic mass is 35.5. The number of hydrogen-bond acceptors (Lipinski definition) is 5. The highest BCUT2D eigenvalue weighted by molar-refractivity contribution is 7.99. The fourth-order valence-electron chi connectivity index (χ4n) is 4.00. The molecule has 0 spiro atoms. The molecule has 2 aromatic heterocycles. The highest BCUT2D eigenvalue weighted by Crippen LogP contribution is 2.30. The van der Waals surface area contributed by atoms with Crippen LogP contribution in [0.15, 0.2) is 47.9 Å². The molecule has 0 saturated carbocycles. The number of aromatic nitrogens is 3. The molecule has 4 rings (SSSR count). The van der Waals surface area contributed by atoms with Crippen molar-refractivity contribution in [1.29, 1.82) is 0 Å². The zero-order valence-corrected chi connectivity index (χ0v) is 19.1. The first-order valence-corrected chi connectivity index (χ1v) is 12.8. The second-order valence-corrected chi connectivity index (χ2v) is 11.1. The maximum atomic E-state index is 13.0. The largest absolute Gasteiger partial charge is 0.344 e. The van der Waals surface area contributed by atoms with E-state index in [1.54, 1.807) is 6.20 Å². The van der Waals surface area contributed by atoms with E-state index in [1.807, 2.05) is 59.5 Å². The number of nitrogens with zero attached hydrogens (tertiary/aromatic N) is 3. The average molecular weight is 464 g/mol. The van der Waals surface area contributed by atoms with Crippen LogP contribution in [-0.4, -0.2) is 45.6 Å². The molecule has 0 amide bonds. The van der Waals surface area contributed by atoms with Gasteiger partial charge in [-0.25, -0.2) is 13.4 Å². The lowest BCUT2D eigenvalue weighted by Gasteiger charge is -2.16. The van der Waals surface area contributed by atoms with Gasteiger partial charge in [0.25, 0.3) is 0 Å². The van der Waals surface area contributed by atoms with Crippen molar-refractivity contribution in [2.24, 2.45) is 0 Å². The van der Waals surface area contributed by atoms with E-state index in [-0.39, 0.29) is 29.1 Å². The molecule has 1 aliphatic rings. The second-order valence-electron chi connectivity index (χ2n) is 7.48. The summed E-state index contributed by atoms with van der Waals surface area (Å²) in [6, 6.07) is 9.21. The predicted molar refractivity (Wildman–Crippen MR) is 120 cm³/mol. The first-order valence-electron chi connectivity index (χ1n) is 9.59. The van der Waals surface area contributed by atoms with Gasteiger partial charge in [0.1, 0.15) is 0 Å². The van der Waals surface area contributed by atoms with E-state index in [2.05, 4.69) is 4.98 Å². The maximum absolute atomic E-state index is 13.0. The van der Waals surface area contributed by atoms with Gasteiger partial charge in [-0.15, -0.1) is 0 Å². The van der Waals surface area contributed by atoms with E-state index in [1.165, 1.54) is 11.8 Å². The third kappa shape index (κ3) is 4.22. The van der Waals surface area contributed by atoms with Crippen molar-refractivity contribution in [3.8, 4) is 5.69 Å². The van der Waals surface area contributed by atoms with E-state index >= 15 is 0 Å². The standard InChI is InChI=1S/C21H22ClN3O3S2/c1-14-11-19(15(2)25(14)18-7-10-30(27,28)13-18)20(26)12-29-21-23-8-9-24(21)17-5-3-16(22)4-6-17/h3-6,8-9,11,18H,7,10,12-13H2,1-2H3. The molecule has 0 radical (unpaired) electrons. The predicted octanol–water partition coefficient (Wildman–Crippen LogP) is 4.28. The number of imidazole rings is 1. The number of ketones is 1. The summed E-state index contributed by atoms with van der Waals surface area (Å²) in [5, 5.41) is 1.38. The first kappa shape index (κ1) is 21.2. The van der Waals surface area contributed by atoms with E-state index in [0.717, 1.165) is 22.2 Å². The van der Waals surface area contributed by atoms with E-state index in [9.17, 15) is 13.2 Å². The number of thioether (sulfide) groups is 1. The number of aryl methyl sites for hydroxylation is 1. The van der Waals surface area contributed by atoms with Crippen LogP contribution in [0.4, 0.5) is 0 Å². The Balaban J connectivity index is 1.50. The van der Waals surface area contributed by atoms with Gasteiger partial charge >= 0.3 is 0 Å². The lowest BCUT2D eigenvalue weighted by Crippen LogP contribution is -2.14. The Labute approximate surface area is 185 Å². The van der Waals surface area contributed by atoms with Crippen LogP contribution < -0.4 is 0 Å². The molecule has 1 atom stereocenters. The third-order valence-electron chi connectivity index (χ3n) is 5.40. The lowest BCUT2D eigenvalue weighted by atomic mass is 10.2. The van der Waals surface area contributed by atoms with Crippen molar-refractivity contribution in [2.75, 3.05) is 17.3 Å². The number of sulfone groups is 1. The van der Waals surface area contributed by atoms with Gasteiger partial charge in [-0.05, 0) is 50.6 Å². The van der Waals surface area contributed by atoms with Crippen molar-refractivity contribution >= 4 is 39.0 Å². The van der Waals surface area contributed by atoms with Crippen LogP contribution in [0.5, 0.6) is 0 Å². The molecule has 1 saturated heterocycles. The summed E-state index contributed by atoms with van der Waals surface area (Å²) >= 11 is 7.34. The number of benzene rings is 1. The molecular formula is C21H22ClN3O3S2. The van der Waals surface area contributed by atoms with Crippen LogP contribution in [0.25, 0.3) is 5.69 Å². The van der Waals surface area contributed by atoms with Crippen LogP contribution in [0.3, 0.4) is 0 Å². The average Bonchev–Trinajstić information content (AvgIpc) is 3.38. The van der Waals surface area contributed by atoms with Crippen molar-refractivity contribution in [3.05, 3.63) is 64.7 Å². The topological polar surface area (TPSA) is 74.0 Å². The van der Waals surface area contributed by atoms with E-state index in [4.69, 9.17) is 11.6 Å². The van der Waals surface area contributed by atoms with E-state index < -0.39 is 9.84 Å². The number of hydrogen-bond donors (Lipinski definition) is 0. The molecular weight excluding hydrogens is 442 g/mol. The summed E-state index contributed by atoms with van der Waals surface area (Å²) < 4.78 is 27.7. The van der Waals surface area contributed by atoms with Gasteiger partial charge in [-0.2, -0.15) is 0 Å². The molecule has 0 N–H and O–H groups in total. The van der Waals surface area contributed by atoms with Crippen molar-refractivity contribution in [1.82, 2.24) is 14.1 Å². The normalized spacial score (nSPS) is 18.0. The summed E-state index contributed by atoms with van der Waals surface area (Å²) in [5.74, 6) is 0.606. The molecule has 1 aromatic carbocycles. The molecule has 1 unspecified atom stereocenters. The van der Waals surface area contributed by atoms with Gasteiger partial charge in [0.15, 0.2) is 20.8 Å². The lowest BCUT2D eigenvalue weighted by molar-refractivity contribution is 0.102. The Hall–Kier alpha value is -2.03. The minimum Gasteiger partial charge on any atom is -0.344 e. The van der Waals surface area contributed by atoms with E-state index in [0.29, 0.717) is 17.0 Å². The number of Topliss-reactive ketones (excluding diaryl/α,β-unsaturated/α-hetero) is 1. The Morgan fingerprint density at radius 2 is 2.00 bits per heavy atom. The minimum atomic E-state index is -2.99. The maximum Gasteiger partial charge on any atom is 0.175 e. The van der Waals surface area contributed by atoms with Crippen LogP contribution in [-0.2, 0) is 9.84 Å². The first-order chi connectivity index (χ1) is 14.2. The monoisotopic (exact) mass is 463 g/mol. The number of carbonyl (C=O) groups excluding carboxylic acids is 1. The molecule has 30 heavy (non-hydrogen) atoms. The zero-order chi connectivity index (χ0) is 21.5. The summed E-state index contributed by atoms with van der Waals surface area (Å²) in [6.07, 6.45) is 4.15. The Morgan fingerprint density at radius 3 is 2.67 bits per heavy atom. The van der Waals surface area contributed by atoms with Crippen LogP contribution in [0.2, 0.25) is 5.02 Å². The number of carbonyl (C=O) groups is 1. The summed E-state index contributed by atoms with van der Waals surface area (Å²) in [7, 11) is -2.99. The zero-order valence-electron chi connectivity index (χ0n) is 16.7. The molecule has 158 valence electrons. The Morgan fingerprint density at radius 1 is 1.27 bits per heavy atom.